The van der Waals surface area contributed by atoms with Gasteiger partial charge >= 0.3 is 0 Å². The molecule has 1 unspecified atom stereocenters. The van der Waals surface area contributed by atoms with Crippen LogP contribution in [0.5, 0.6) is 5.75 Å². The first-order valence-corrected chi connectivity index (χ1v) is 11.5. The van der Waals surface area contributed by atoms with E-state index in [1.807, 2.05) is 13.0 Å². The number of likely N-dealkylation sites (N-methyl/N-ethyl adjacent to an activating group) is 1. The molecule has 3 rings (SSSR count). The molecule has 1 atom stereocenters. The summed E-state index contributed by atoms with van der Waals surface area (Å²) in [7, 11) is -2.10. The number of aromatic hydroxyl groups is 1. The number of rotatable bonds is 8. The molecule has 0 saturated heterocycles. The standard InChI is InChI=1S/C24H25N3O4S/c1-16-9-12-20(13-10-16)32(30,31)27-19-11-14-22(28)21(15-19)23(17(2)25-3)24(29)26-18-7-5-4-6-8-18/h4-15,23,25,27-28H,2H2,1,3H3,(H,26,29)/p+1. The van der Waals surface area contributed by atoms with E-state index in [0.717, 1.165) is 5.56 Å². The Kier molecular flexibility index (Phi) is 6.97. The fourth-order valence-corrected chi connectivity index (χ4v) is 4.24. The van der Waals surface area contributed by atoms with Crippen molar-refractivity contribution < 1.29 is 23.6 Å². The van der Waals surface area contributed by atoms with E-state index in [1.165, 1.54) is 30.3 Å². The number of carbonyl (C=O) groups is 1. The smallest absolute Gasteiger partial charge is 0.261 e. The maximum absolute atomic E-state index is 13.1. The maximum atomic E-state index is 13.1. The highest BCUT2D eigenvalue weighted by Crippen LogP contribution is 2.33. The number of carbonyl (C=O) groups excluding carboxylic acids is 1. The molecule has 0 aliphatic heterocycles. The molecule has 3 aromatic rings. The normalized spacial score (nSPS) is 12.1. The van der Waals surface area contributed by atoms with Crippen molar-refractivity contribution in [2.24, 2.45) is 0 Å². The van der Waals surface area contributed by atoms with Crippen LogP contribution in [0.4, 0.5) is 11.4 Å². The van der Waals surface area contributed by atoms with E-state index in [9.17, 15) is 18.3 Å². The number of anilines is 2. The molecule has 5 N–H and O–H groups in total. The number of aryl methyl sites for hydroxylation is 1. The molecule has 0 aliphatic carbocycles. The van der Waals surface area contributed by atoms with E-state index in [2.05, 4.69) is 16.6 Å². The predicted octanol–water partition coefficient (Wildman–Crippen LogP) is 2.93. The van der Waals surface area contributed by atoms with Gasteiger partial charge in [-0.3, -0.25) is 9.52 Å². The molecule has 7 nitrogen and oxygen atoms in total. The van der Waals surface area contributed by atoms with Crippen LogP contribution >= 0.6 is 0 Å². The number of nitrogens with one attached hydrogen (secondary N) is 2. The summed E-state index contributed by atoms with van der Waals surface area (Å²) in [5.41, 5.74) is 2.47. The van der Waals surface area contributed by atoms with Gasteiger partial charge in [0.15, 0.2) is 0 Å². The van der Waals surface area contributed by atoms with E-state index in [-0.39, 0.29) is 21.9 Å². The van der Waals surface area contributed by atoms with Crippen molar-refractivity contribution in [2.75, 3.05) is 17.1 Å². The van der Waals surface area contributed by atoms with E-state index in [0.29, 0.717) is 11.4 Å². The van der Waals surface area contributed by atoms with Gasteiger partial charge in [-0.05, 0) is 56.0 Å². The lowest BCUT2D eigenvalue weighted by Crippen LogP contribution is -2.78. The van der Waals surface area contributed by atoms with Crippen LogP contribution in [0.1, 0.15) is 17.0 Å². The molecule has 3 aromatic carbocycles. The number of sulfonamides is 1. The fraction of sp³-hybridized carbons (Fsp3) is 0.125. The Bertz CT molecular complexity index is 1220. The largest absolute Gasteiger partial charge is 0.508 e. The maximum Gasteiger partial charge on any atom is 0.261 e. The lowest BCUT2D eigenvalue weighted by molar-refractivity contribution is -0.578. The topological polar surface area (TPSA) is 112 Å². The van der Waals surface area contributed by atoms with Gasteiger partial charge < -0.3 is 15.7 Å². The van der Waals surface area contributed by atoms with E-state index >= 15 is 0 Å². The third-order valence-corrected chi connectivity index (χ3v) is 6.36. The second kappa shape index (κ2) is 9.67. The number of para-hydroxylation sites is 1. The minimum Gasteiger partial charge on any atom is -0.508 e. The summed E-state index contributed by atoms with van der Waals surface area (Å²) in [6, 6.07) is 19.6. The summed E-state index contributed by atoms with van der Waals surface area (Å²) in [4.78, 5) is 13.2. The Morgan fingerprint density at radius 2 is 1.66 bits per heavy atom. The van der Waals surface area contributed by atoms with Crippen LogP contribution < -0.4 is 15.4 Å². The first-order valence-electron chi connectivity index (χ1n) is 9.98. The predicted molar refractivity (Wildman–Crippen MR) is 125 cm³/mol. The van der Waals surface area contributed by atoms with Crippen LogP contribution in [-0.4, -0.2) is 26.5 Å². The number of hydrogen-bond acceptors (Lipinski definition) is 4. The quantitative estimate of drug-likeness (QED) is 0.394. The molecule has 0 saturated carbocycles. The molecular weight excluding hydrogens is 426 g/mol. The highest BCUT2D eigenvalue weighted by molar-refractivity contribution is 7.92. The zero-order chi connectivity index (χ0) is 23.3. The van der Waals surface area contributed by atoms with Crippen LogP contribution in [0.2, 0.25) is 0 Å². The molecule has 0 fully saturated rings. The van der Waals surface area contributed by atoms with Crippen LogP contribution in [-0.2, 0) is 14.8 Å². The minimum atomic E-state index is -3.84. The summed E-state index contributed by atoms with van der Waals surface area (Å²) in [5.74, 6) is -1.45. The molecular formula is C24H26N3O4S+. The Hall–Kier alpha value is -3.62. The van der Waals surface area contributed by atoms with Gasteiger partial charge in [-0.2, -0.15) is 0 Å². The second-order valence-electron chi connectivity index (χ2n) is 7.34. The van der Waals surface area contributed by atoms with E-state index < -0.39 is 21.8 Å². The van der Waals surface area contributed by atoms with Crippen molar-refractivity contribution in [1.82, 2.24) is 0 Å². The van der Waals surface area contributed by atoms with Gasteiger partial charge in [0.1, 0.15) is 17.4 Å². The van der Waals surface area contributed by atoms with E-state index in [1.54, 1.807) is 48.8 Å². The van der Waals surface area contributed by atoms with Gasteiger partial charge in [-0.15, -0.1) is 0 Å². The summed E-state index contributed by atoms with van der Waals surface area (Å²) < 4.78 is 28.0. The van der Waals surface area contributed by atoms with Crippen molar-refractivity contribution >= 4 is 27.3 Å². The van der Waals surface area contributed by atoms with Crippen molar-refractivity contribution in [3.05, 3.63) is 96.2 Å². The fourth-order valence-electron chi connectivity index (χ4n) is 3.19. The molecule has 0 bridgehead atoms. The number of quaternary nitrogens is 1. The van der Waals surface area contributed by atoms with Gasteiger partial charge in [0.25, 0.3) is 10.0 Å². The Balaban J connectivity index is 1.94. The second-order valence-corrected chi connectivity index (χ2v) is 9.03. The molecule has 0 aromatic heterocycles. The van der Waals surface area contributed by atoms with Crippen molar-refractivity contribution in [3.63, 3.8) is 0 Å². The number of hydrogen-bond donors (Lipinski definition) is 4. The highest BCUT2D eigenvalue weighted by atomic mass is 32.2. The van der Waals surface area contributed by atoms with Crippen LogP contribution in [0, 0.1) is 6.92 Å². The number of nitrogens with two attached hydrogens (primary N) is 1. The van der Waals surface area contributed by atoms with Crippen LogP contribution in [0.25, 0.3) is 0 Å². The zero-order valence-corrected chi connectivity index (χ0v) is 18.7. The average Bonchev–Trinajstić information content (AvgIpc) is 2.76. The molecule has 0 heterocycles. The molecule has 166 valence electrons. The lowest BCUT2D eigenvalue weighted by Gasteiger charge is -2.19. The number of amides is 1. The van der Waals surface area contributed by atoms with Crippen molar-refractivity contribution in [3.8, 4) is 5.75 Å². The first-order chi connectivity index (χ1) is 15.2. The first kappa shape index (κ1) is 23.1. The summed E-state index contributed by atoms with van der Waals surface area (Å²) in [6.07, 6.45) is 0. The number of phenolic OH excluding ortho intramolecular Hbond substituents is 1. The number of phenols is 1. The molecule has 1 amide bonds. The minimum absolute atomic E-state index is 0.113. The van der Waals surface area contributed by atoms with Crippen LogP contribution in [0.15, 0.2) is 90.0 Å². The van der Waals surface area contributed by atoms with E-state index in [4.69, 9.17) is 0 Å². The lowest BCUT2D eigenvalue weighted by atomic mass is 9.93. The van der Waals surface area contributed by atoms with Crippen molar-refractivity contribution in [1.29, 1.82) is 0 Å². The van der Waals surface area contributed by atoms with Gasteiger partial charge in [0, 0.05) is 16.9 Å². The summed E-state index contributed by atoms with van der Waals surface area (Å²) >= 11 is 0. The Labute approximate surface area is 187 Å². The number of benzene rings is 3. The summed E-state index contributed by atoms with van der Waals surface area (Å²) in [6.45, 7) is 5.82. The van der Waals surface area contributed by atoms with Crippen LogP contribution in [0.3, 0.4) is 0 Å². The third-order valence-electron chi connectivity index (χ3n) is 4.97. The van der Waals surface area contributed by atoms with Gasteiger partial charge in [-0.25, -0.2) is 8.42 Å². The molecule has 0 radical (unpaired) electrons. The zero-order valence-electron chi connectivity index (χ0n) is 17.9. The SMILES string of the molecule is C=C([NH2+]C)C(C(=O)Nc1ccccc1)c1cc(NS(=O)(=O)c2ccc(C)cc2)ccc1O. The molecule has 8 heteroatoms. The van der Waals surface area contributed by atoms with Crippen molar-refractivity contribution in [2.45, 2.75) is 17.7 Å². The summed E-state index contributed by atoms with van der Waals surface area (Å²) in [5, 5.41) is 15.0. The van der Waals surface area contributed by atoms with Gasteiger partial charge in [-0.1, -0.05) is 35.9 Å². The average molecular weight is 453 g/mol. The Morgan fingerprint density at radius 1 is 1.00 bits per heavy atom. The Morgan fingerprint density at radius 3 is 2.28 bits per heavy atom. The molecule has 0 spiro atoms. The molecule has 0 aliphatic rings. The molecule has 32 heavy (non-hydrogen) atoms. The third kappa shape index (κ3) is 5.35. The van der Waals surface area contributed by atoms with Gasteiger partial charge in [0.2, 0.25) is 5.91 Å². The monoisotopic (exact) mass is 452 g/mol. The highest BCUT2D eigenvalue weighted by Gasteiger charge is 2.29. The van der Waals surface area contributed by atoms with Gasteiger partial charge in [0.05, 0.1) is 11.9 Å².